The molecule has 5 nitrogen and oxygen atoms in total. The van der Waals surface area contributed by atoms with Gasteiger partial charge in [0, 0.05) is 7.05 Å². The summed E-state index contributed by atoms with van der Waals surface area (Å²) >= 11 is 0. The number of ether oxygens (including phenoxy) is 2. The summed E-state index contributed by atoms with van der Waals surface area (Å²) in [4.78, 5) is 11.5. The zero-order valence-electron chi connectivity index (χ0n) is 11.9. The number of benzene rings is 1. The van der Waals surface area contributed by atoms with E-state index in [0.29, 0.717) is 23.7 Å². The van der Waals surface area contributed by atoms with Crippen LogP contribution in [-0.4, -0.2) is 26.7 Å². The lowest BCUT2D eigenvalue weighted by atomic mass is 10.1. The Balaban J connectivity index is 3.10. The van der Waals surface area contributed by atoms with Gasteiger partial charge in [-0.2, -0.15) is 5.26 Å². The maximum Gasteiger partial charge on any atom is 0.261 e. The Hall–Kier alpha value is -2.48. The van der Waals surface area contributed by atoms with E-state index in [2.05, 4.69) is 5.32 Å². The van der Waals surface area contributed by atoms with Crippen LogP contribution in [-0.2, 0) is 4.79 Å². The number of amides is 1. The van der Waals surface area contributed by atoms with E-state index < -0.39 is 5.91 Å². The maximum absolute atomic E-state index is 11.5. The van der Waals surface area contributed by atoms with Gasteiger partial charge in [-0.05, 0) is 30.2 Å². The number of hydrogen-bond donors (Lipinski definition) is 1. The molecule has 0 unspecified atom stereocenters. The van der Waals surface area contributed by atoms with E-state index in [4.69, 9.17) is 14.7 Å². The molecule has 0 atom stereocenters. The predicted molar refractivity (Wildman–Crippen MR) is 76.4 cm³/mol. The van der Waals surface area contributed by atoms with Crippen molar-refractivity contribution < 1.29 is 14.3 Å². The van der Waals surface area contributed by atoms with Crippen LogP contribution in [0.5, 0.6) is 11.5 Å². The molecule has 1 amide bonds. The molecule has 0 saturated carbocycles. The molecule has 0 aliphatic carbocycles. The van der Waals surface area contributed by atoms with Gasteiger partial charge in [-0.1, -0.05) is 13.0 Å². The van der Waals surface area contributed by atoms with E-state index in [1.165, 1.54) is 13.1 Å². The molecule has 0 aromatic heterocycles. The summed E-state index contributed by atoms with van der Waals surface area (Å²) in [5.41, 5.74) is 0.746. The molecule has 0 spiro atoms. The number of likely N-dealkylation sites (N-methyl/N-ethyl adjacent to an activating group) is 1. The van der Waals surface area contributed by atoms with Crippen molar-refractivity contribution in [2.24, 2.45) is 0 Å². The second kappa shape index (κ2) is 7.85. The Kier molecular flexibility index (Phi) is 6.11. The summed E-state index contributed by atoms with van der Waals surface area (Å²) in [6.45, 7) is 2.58. The summed E-state index contributed by atoms with van der Waals surface area (Å²) in [6.07, 6.45) is 2.39. The SMILES string of the molecule is CCCOc1cc(/C=C(\C#N)C(=O)NC)ccc1OC. The number of hydrogen-bond acceptors (Lipinski definition) is 4. The fourth-order valence-electron chi connectivity index (χ4n) is 1.56. The van der Waals surface area contributed by atoms with Crippen LogP contribution in [0.1, 0.15) is 18.9 Å². The summed E-state index contributed by atoms with van der Waals surface area (Å²) in [6, 6.07) is 7.12. The second-order valence-electron chi connectivity index (χ2n) is 4.01. The largest absolute Gasteiger partial charge is 0.493 e. The Labute approximate surface area is 118 Å². The molecule has 0 radical (unpaired) electrons. The minimum atomic E-state index is -0.417. The average molecular weight is 274 g/mol. The molecule has 106 valence electrons. The van der Waals surface area contributed by atoms with Crippen LogP contribution >= 0.6 is 0 Å². The lowest BCUT2D eigenvalue weighted by molar-refractivity contribution is -0.116. The number of methoxy groups -OCH3 is 1. The van der Waals surface area contributed by atoms with Gasteiger partial charge < -0.3 is 14.8 Å². The lowest BCUT2D eigenvalue weighted by Gasteiger charge is -2.10. The highest BCUT2D eigenvalue weighted by atomic mass is 16.5. The topological polar surface area (TPSA) is 71.3 Å². The molecule has 0 aliphatic rings. The summed E-state index contributed by atoms with van der Waals surface area (Å²) in [7, 11) is 3.05. The van der Waals surface area contributed by atoms with Crippen LogP contribution in [0.25, 0.3) is 6.08 Å². The zero-order valence-corrected chi connectivity index (χ0v) is 11.9. The molecule has 1 rings (SSSR count). The first kappa shape index (κ1) is 15.6. The number of carbonyl (C=O) groups excluding carboxylic acids is 1. The van der Waals surface area contributed by atoms with Crippen LogP contribution in [0.3, 0.4) is 0 Å². The third-order valence-electron chi connectivity index (χ3n) is 2.55. The van der Waals surface area contributed by atoms with E-state index in [1.807, 2.05) is 13.0 Å². The molecular formula is C15H18N2O3. The van der Waals surface area contributed by atoms with Crippen LogP contribution in [0.4, 0.5) is 0 Å². The summed E-state index contributed by atoms with van der Waals surface area (Å²) in [5.74, 6) is 0.797. The van der Waals surface area contributed by atoms with Crippen molar-refractivity contribution in [1.29, 1.82) is 5.26 Å². The van der Waals surface area contributed by atoms with Gasteiger partial charge in [0.25, 0.3) is 5.91 Å². The Morgan fingerprint density at radius 2 is 2.20 bits per heavy atom. The number of nitriles is 1. The van der Waals surface area contributed by atoms with E-state index in [0.717, 1.165) is 6.42 Å². The van der Waals surface area contributed by atoms with Gasteiger partial charge in [-0.25, -0.2) is 0 Å². The monoisotopic (exact) mass is 274 g/mol. The molecular weight excluding hydrogens is 256 g/mol. The van der Waals surface area contributed by atoms with E-state index in [1.54, 1.807) is 25.3 Å². The van der Waals surface area contributed by atoms with Gasteiger partial charge in [-0.3, -0.25) is 4.79 Å². The smallest absolute Gasteiger partial charge is 0.261 e. The Bertz CT molecular complexity index is 545. The molecule has 0 saturated heterocycles. The third kappa shape index (κ3) is 4.02. The molecule has 1 aromatic rings. The normalized spacial score (nSPS) is 10.6. The van der Waals surface area contributed by atoms with Crippen molar-refractivity contribution in [2.75, 3.05) is 20.8 Å². The van der Waals surface area contributed by atoms with Gasteiger partial charge in [0.15, 0.2) is 11.5 Å². The van der Waals surface area contributed by atoms with E-state index in [-0.39, 0.29) is 5.57 Å². The van der Waals surface area contributed by atoms with Crippen molar-refractivity contribution in [3.63, 3.8) is 0 Å². The number of nitrogens with zero attached hydrogens (tertiary/aromatic N) is 1. The predicted octanol–water partition coefficient (Wildman–Crippen LogP) is 2.14. The zero-order chi connectivity index (χ0) is 15.0. The molecule has 5 heteroatoms. The van der Waals surface area contributed by atoms with Gasteiger partial charge in [0.1, 0.15) is 11.6 Å². The molecule has 1 N–H and O–H groups in total. The first-order valence-electron chi connectivity index (χ1n) is 6.31. The molecule has 0 aliphatic heterocycles. The molecule has 20 heavy (non-hydrogen) atoms. The fourth-order valence-corrected chi connectivity index (χ4v) is 1.56. The van der Waals surface area contributed by atoms with Crippen molar-refractivity contribution >= 4 is 12.0 Å². The average Bonchev–Trinajstić information content (AvgIpc) is 2.49. The molecule has 0 heterocycles. The van der Waals surface area contributed by atoms with Crippen LogP contribution in [0, 0.1) is 11.3 Å². The highest BCUT2D eigenvalue weighted by Crippen LogP contribution is 2.29. The minimum Gasteiger partial charge on any atom is -0.493 e. The molecule has 0 fully saturated rings. The number of rotatable bonds is 6. The lowest BCUT2D eigenvalue weighted by Crippen LogP contribution is -2.19. The highest BCUT2D eigenvalue weighted by Gasteiger charge is 2.09. The standard InChI is InChI=1S/C15H18N2O3/c1-4-7-20-14-9-11(5-6-13(14)19-3)8-12(10-16)15(18)17-2/h5-6,8-9H,4,7H2,1-3H3,(H,17,18)/b12-8+. The highest BCUT2D eigenvalue weighted by molar-refractivity contribution is 6.01. The van der Waals surface area contributed by atoms with Crippen molar-refractivity contribution in [2.45, 2.75) is 13.3 Å². The summed E-state index contributed by atoms with van der Waals surface area (Å²) < 4.78 is 10.8. The molecule has 0 bridgehead atoms. The number of nitrogens with one attached hydrogen (secondary N) is 1. The quantitative estimate of drug-likeness (QED) is 0.637. The molecule has 1 aromatic carbocycles. The third-order valence-corrected chi connectivity index (χ3v) is 2.55. The Morgan fingerprint density at radius 1 is 1.45 bits per heavy atom. The first-order valence-corrected chi connectivity index (χ1v) is 6.31. The van der Waals surface area contributed by atoms with E-state index >= 15 is 0 Å². The van der Waals surface area contributed by atoms with Gasteiger partial charge in [0.2, 0.25) is 0 Å². The van der Waals surface area contributed by atoms with Crippen LogP contribution in [0.15, 0.2) is 23.8 Å². The minimum absolute atomic E-state index is 0.0408. The van der Waals surface area contributed by atoms with E-state index in [9.17, 15) is 4.79 Å². The van der Waals surface area contributed by atoms with Gasteiger partial charge in [0.05, 0.1) is 13.7 Å². The van der Waals surface area contributed by atoms with Gasteiger partial charge in [-0.15, -0.1) is 0 Å². The van der Waals surface area contributed by atoms with Crippen molar-refractivity contribution in [3.8, 4) is 17.6 Å². The Morgan fingerprint density at radius 3 is 2.75 bits per heavy atom. The summed E-state index contributed by atoms with van der Waals surface area (Å²) in [5, 5.41) is 11.4. The van der Waals surface area contributed by atoms with Crippen molar-refractivity contribution in [1.82, 2.24) is 5.32 Å². The van der Waals surface area contributed by atoms with Crippen molar-refractivity contribution in [3.05, 3.63) is 29.3 Å². The second-order valence-corrected chi connectivity index (χ2v) is 4.01. The van der Waals surface area contributed by atoms with Crippen LogP contribution in [0.2, 0.25) is 0 Å². The van der Waals surface area contributed by atoms with Gasteiger partial charge >= 0.3 is 0 Å². The fraction of sp³-hybridized carbons (Fsp3) is 0.333. The van der Waals surface area contributed by atoms with Crippen LogP contribution < -0.4 is 14.8 Å². The first-order chi connectivity index (χ1) is 9.65. The maximum atomic E-state index is 11.5. The number of carbonyl (C=O) groups is 1.